The topological polar surface area (TPSA) is 108 Å². The van der Waals surface area contributed by atoms with E-state index in [1.54, 1.807) is 37.3 Å². The van der Waals surface area contributed by atoms with Crippen molar-refractivity contribution in [3.63, 3.8) is 0 Å². The number of piperidine rings is 1. The summed E-state index contributed by atoms with van der Waals surface area (Å²) in [6.45, 7) is 2.16. The number of rotatable bonds is 5. The third-order valence-electron chi connectivity index (χ3n) is 5.27. The molecule has 174 valence electrons. The van der Waals surface area contributed by atoms with E-state index in [-0.39, 0.29) is 49.9 Å². The molecule has 4 amide bonds. The maximum absolute atomic E-state index is 13.2. The zero-order valence-corrected chi connectivity index (χ0v) is 19.6. The summed E-state index contributed by atoms with van der Waals surface area (Å²) in [7, 11) is 0. The second kappa shape index (κ2) is 11.2. The Morgan fingerprint density at radius 1 is 1.24 bits per heavy atom. The van der Waals surface area contributed by atoms with Gasteiger partial charge in [-0.25, -0.2) is 0 Å². The van der Waals surface area contributed by atoms with Crippen LogP contribution in [0.5, 0.6) is 0 Å². The average molecular weight is 491 g/mol. The van der Waals surface area contributed by atoms with Crippen molar-refractivity contribution >= 4 is 52.7 Å². The Labute approximate surface area is 201 Å². The van der Waals surface area contributed by atoms with Gasteiger partial charge in [-0.05, 0) is 36.6 Å². The van der Waals surface area contributed by atoms with Gasteiger partial charge in [-0.3, -0.25) is 34.4 Å². The summed E-state index contributed by atoms with van der Waals surface area (Å²) in [4.78, 5) is 55.2. The summed E-state index contributed by atoms with van der Waals surface area (Å²) in [6, 6.07) is 4.20. The fourth-order valence-electron chi connectivity index (χ4n) is 3.60. The van der Waals surface area contributed by atoms with Crippen LogP contribution in [-0.2, 0) is 25.6 Å². The number of hydrogen-bond acceptors (Lipinski definition) is 5. The zero-order chi connectivity index (χ0) is 24.0. The number of carbonyl (C=O) groups is 4. The number of aliphatic imine (C=N–C) groups is 1. The van der Waals surface area contributed by atoms with E-state index in [1.807, 2.05) is 6.08 Å². The highest BCUT2D eigenvalue weighted by molar-refractivity contribution is 6.42. The first-order chi connectivity index (χ1) is 15.7. The number of carbonyl (C=O) groups excluding carboxylic acids is 4. The molecule has 2 aliphatic rings. The first-order valence-electron chi connectivity index (χ1n) is 10.5. The number of imide groups is 1. The van der Waals surface area contributed by atoms with Gasteiger partial charge < -0.3 is 5.32 Å². The summed E-state index contributed by atoms with van der Waals surface area (Å²) in [5.74, 6) is -1.02. The molecule has 3 rings (SSSR count). The van der Waals surface area contributed by atoms with E-state index in [0.29, 0.717) is 33.6 Å². The molecule has 10 heteroatoms. The Balaban J connectivity index is 1.68. The third kappa shape index (κ3) is 6.76. The first-order valence-corrected chi connectivity index (χ1v) is 11.2. The highest BCUT2D eigenvalue weighted by Crippen LogP contribution is 2.23. The molecule has 1 fully saturated rings. The van der Waals surface area contributed by atoms with Crippen molar-refractivity contribution < 1.29 is 19.2 Å². The predicted octanol–water partition coefficient (Wildman–Crippen LogP) is 2.59. The summed E-state index contributed by atoms with van der Waals surface area (Å²) in [6.07, 6.45) is 5.85. The van der Waals surface area contributed by atoms with Crippen LogP contribution in [0.25, 0.3) is 0 Å². The minimum absolute atomic E-state index is 0.0119. The van der Waals surface area contributed by atoms with Gasteiger partial charge >= 0.3 is 0 Å². The fourth-order valence-corrected chi connectivity index (χ4v) is 3.92. The van der Waals surface area contributed by atoms with Gasteiger partial charge in [-0.15, -0.1) is 0 Å². The molecule has 0 aromatic heterocycles. The second-order valence-electron chi connectivity index (χ2n) is 7.75. The molecule has 1 saturated heterocycles. The lowest BCUT2D eigenvalue weighted by molar-refractivity contribution is -0.142. The highest BCUT2D eigenvalue weighted by atomic mass is 35.5. The van der Waals surface area contributed by atoms with Crippen LogP contribution in [0.2, 0.25) is 10.0 Å². The lowest BCUT2D eigenvalue weighted by atomic mass is 10.0. The molecule has 1 aromatic rings. The maximum atomic E-state index is 13.2. The Morgan fingerprint density at radius 2 is 2.03 bits per heavy atom. The molecule has 0 spiro atoms. The SMILES string of the molecule is C/C1=N/C/C=C\C=C(\CNC(=O)Cc2ccc(Cl)c(Cl)c2)CC(=O)N1C1CCC(=O)NC1=O. The quantitative estimate of drug-likeness (QED) is 0.618. The van der Waals surface area contributed by atoms with Crippen molar-refractivity contribution in [1.82, 2.24) is 15.5 Å². The number of hydrogen-bond donors (Lipinski definition) is 2. The number of benzene rings is 1. The monoisotopic (exact) mass is 490 g/mol. The smallest absolute Gasteiger partial charge is 0.249 e. The number of amidine groups is 1. The predicted molar refractivity (Wildman–Crippen MR) is 126 cm³/mol. The van der Waals surface area contributed by atoms with E-state index in [1.165, 1.54) is 4.90 Å². The molecule has 33 heavy (non-hydrogen) atoms. The van der Waals surface area contributed by atoms with Crippen molar-refractivity contribution in [2.75, 3.05) is 13.1 Å². The average Bonchev–Trinajstić information content (AvgIpc) is 2.75. The molecule has 1 atom stereocenters. The number of allylic oxidation sites excluding steroid dienone is 2. The number of halogens is 2. The van der Waals surface area contributed by atoms with Crippen molar-refractivity contribution in [3.8, 4) is 0 Å². The van der Waals surface area contributed by atoms with E-state index in [2.05, 4.69) is 15.6 Å². The van der Waals surface area contributed by atoms with E-state index in [0.717, 1.165) is 0 Å². The van der Waals surface area contributed by atoms with Crippen LogP contribution >= 0.6 is 23.2 Å². The minimum Gasteiger partial charge on any atom is -0.352 e. The molecule has 0 aliphatic carbocycles. The second-order valence-corrected chi connectivity index (χ2v) is 8.56. The molecule has 8 nitrogen and oxygen atoms in total. The van der Waals surface area contributed by atoms with Crippen LogP contribution < -0.4 is 10.6 Å². The van der Waals surface area contributed by atoms with Gasteiger partial charge in [0.05, 0.1) is 29.4 Å². The van der Waals surface area contributed by atoms with Gasteiger partial charge in [-0.1, -0.05) is 47.5 Å². The van der Waals surface area contributed by atoms with Gasteiger partial charge in [0, 0.05) is 13.0 Å². The van der Waals surface area contributed by atoms with Gasteiger partial charge in [0.1, 0.15) is 11.9 Å². The molecule has 0 bridgehead atoms. The van der Waals surface area contributed by atoms with Crippen molar-refractivity contribution in [2.45, 2.75) is 38.6 Å². The van der Waals surface area contributed by atoms with Gasteiger partial charge in [0.2, 0.25) is 23.6 Å². The Kier molecular flexibility index (Phi) is 8.41. The first kappa shape index (κ1) is 24.7. The van der Waals surface area contributed by atoms with Crippen LogP contribution in [0.1, 0.15) is 31.7 Å². The molecule has 2 N–H and O–H groups in total. The van der Waals surface area contributed by atoms with Crippen LogP contribution in [-0.4, -0.2) is 53.5 Å². The molecule has 1 unspecified atom stereocenters. The van der Waals surface area contributed by atoms with Crippen LogP contribution in [0, 0.1) is 0 Å². The Morgan fingerprint density at radius 3 is 2.76 bits per heavy atom. The van der Waals surface area contributed by atoms with E-state index in [4.69, 9.17) is 23.2 Å². The van der Waals surface area contributed by atoms with Crippen molar-refractivity contribution in [2.24, 2.45) is 4.99 Å². The van der Waals surface area contributed by atoms with Crippen LogP contribution in [0.15, 0.2) is 47.0 Å². The van der Waals surface area contributed by atoms with Gasteiger partial charge in [0.15, 0.2) is 0 Å². The van der Waals surface area contributed by atoms with Gasteiger partial charge in [0.25, 0.3) is 0 Å². The molecule has 2 heterocycles. The van der Waals surface area contributed by atoms with E-state index >= 15 is 0 Å². The number of nitrogens with one attached hydrogen (secondary N) is 2. The minimum atomic E-state index is -0.798. The molecule has 0 radical (unpaired) electrons. The van der Waals surface area contributed by atoms with Crippen molar-refractivity contribution in [1.29, 1.82) is 0 Å². The van der Waals surface area contributed by atoms with Crippen molar-refractivity contribution in [3.05, 3.63) is 57.6 Å². The lowest BCUT2D eigenvalue weighted by Crippen LogP contribution is -2.56. The normalized spacial score (nSPS) is 23.7. The molecule has 0 saturated carbocycles. The van der Waals surface area contributed by atoms with E-state index in [9.17, 15) is 19.2 Å². The molecular formula is C23H24Cl2N4O4. The number of amides is 4. The van der Waals surface area contributed by atoms with E-state index < -0.39 is 11.9 Å². The van der Waals surface area contributed by atoms with Crippen LogP contribution in [0.4, 0.5) is 0 Å². The summed E-state index contributed by atoms with van der Waals surface area (Å²) in [5, 5.41) is 5.89. The van der Waals surface area contributed by atoms with Crippen LogP contribution in [0.3, 0.4) is 0 Å². The fraction of sp³-hybridized carbons (Fsp3) is 0.348. The Bertz CT molecular complexity index is 1060. The Hall–Kier alpha value is -2.97. The standard InChI is InChI=1S/C23H24Cl2N4O4/c1-14-26-9-3-2-4-16(12-22(32)29(14)19-7-8-20(30)28-23(19)33)13-27-21(31)11-15-5-6-17(24)18(25)10-15/h2-6,10,19H,7-9,11-13H2,1H3,(H,27,31)(H,28,30,33)/b3-2-,16-4+,26-14-. The molecular weight excluding hydrogens is 467 g/mol. The van der Waals surface area contributed by atoms with Gasteiger partial charge in [-0.2, -0.15) is 0 Å². The summed E-state index contributed by atoms with van der Waals surface area (Å²) < 4.78 is 0. The molecule has 2 aliphatic heterocycles. The zero-order valence-electron chi connectivity index (χ0n) is 18.1. The maximum Gasteiger partial charge on any atom is 0.249 e. The summed E-state index contributed by atoms with van der Waals surface area (Å²) in [5.41, 5.74) is 1.39. The number of nitrogens with zero attached hydrogens (tertiary/aromatic N) is 2. The molecule has 1 aromatic carbocycles. The lowest BCUT2D eigenvalue weighted by Gasteiger charge is -2.33. The summed E-state index contributed by atoms with van der Waals surface area (Å²) >= 11 is 11.9. The third-order valence-corrected chi connectivity index (χ3v) is 6.01. The highest BCUT2D eigenvalue weighted by Gasteiger charge is 2.36. The largest absolute Gasteiger partial charge is 0.352 e.